The maximum atomic E-state index is 14.6. The molecule has 1 heterocycles. The minimum atomic E-state index is -9.25. The highest BCUT2D eigenvalue weighted by molar-refractivity contribution is 5.87. The van der Waals surface area contributed by atoms with Crippen LogP contribution in [0.15, 0.2) is 0 Å². The van der Waals surface area contributed by atoms with Crippen LogP contribution in [0.25, 0.3) is 0 Å². The highest BCUT2D eigenvalue weighted by Crippen LogP contribution is 2.66. The van der Waals surface area contributed by atoms with Gasteiger partial charge in [0.25, 0.3) is 11.8 Å². The van der Waals surface area contributed by atoms with Crippen molar-refractivity contribution in [1.82, 2.24) is 9.80 Å². The Morgan fingerprint density at radius 1 is 0.290 bits per heavy atom. The molecule has 1 aliphatic heterocycles. The number of halogens is 34. The molecule has 0 spiro atoms. The molecule has 4 nitrogen and oxygen atoms in total. The van der Waals surface area contributed by atoms with Gasteiger partial charge >= 0.3 is 95.3 Å². The Morgan fingerprint density at radius 3 is 0.597 bits per heavy atom. The van der Waals surface area contributed by atoms with E-state index in [1.807, 2.05) is 0 Å². The quantitative estimate of drug-likeness (QED) is 0.163. The molecule has 0 aromatic carbocycles. The minimum Gasteiger partial charge on any atom is -0.331 e. The summed E-state index contributed by atoms with van der Waals surface area (Å²) >= 11 is 0. The van der Waals surface area contributed by atoms with Crippen molar-refractivity contribution in [1.29, 1.82) is 0 Å². The summed E-state index contributed by atoms with van der Waals surface area (Å²) in [5, 5.41) is 0. The van der Waals surface area contributed by atoms with Crippen molar-refractivity contribution in [2.45, 2.75) is 121 Å². The van der Waals surface area contributed by atoms with E-state index in [1.54, 1.807) is 0 Å². The van der Waals surface area contributed by atoms with Gasteiger partial charge in [-0.3, -0.25) is 9.59 Å². The van der Waals surface area contributed by atoms with Crippen LogP contribution in [-0.2, 0) is 9.59 Å². The van der Waals surface area contributed by atoms with Gasteiger partial charge in [0.1, 0.15) is 0 Å². The van der Waals surface area contributed by atoms with Crippen molar-refractivity contribution < 1.29 is 159 Å². The van der Waals surface area contributed by atoms with Gasteiger partial charge in [0.15, 0.2) is 0 Å². The summed E-state index contributed by atoms with van der Waals surface area (Å²) in [6.07, 6.45) is -16.3. The third-order valence-electron chi connectivity index (χ3n) is 8.49. The molecule has 0 radical (unpaired) electrons. The summed E-state index contributed by atoms with van der Waals surface area (Å²) in [4.78, 5) is 21.8. The number of hydrogen-bond acceptors (Lipinski definition) is 2. The molecule has 2 atom stereocenters. The van der Waals surface area contributed by atoms with Gasteiger partial charge in [-0.05, 0) is 13.8 Å². The van der Waals surface area contributed by atoms with Crippen LogP contribution >= 0.6 is 0 Å². The summed E-state index contributed by atoms with van der Waals surface area (Å²) in [6, 6.07) is -6.34. The fraction of sp³-hybridized carbons (Fsp3) is 0.917. The Labute approximate surface area is 316 Å². The predicted octanol–water partition coefficient (Wildman–Crippen LogP) is 10.5. The summed E-state index contributed by atoms with van der Waals surface area (Å²) in [7, 11) is 0. The molecule has 2 unspecified atom stereocenters. The lowest BCUT2D eigenvalue weighted by atomic mass is 9.88. The van der Waals surface area contributed by atoms with Gasteiger partial charge in [0, 0.05) is 25.2 Å². The van der Waals surface area contributed by atoms with E-state index in [0.29, 0.717) is 0 Å². The molecule has 1 rings (SSSR count). The summed E-state index contributed by atoms with van der Waals surface area (Å²) in [5.74, 6) is -132. The van der Waals surface area contributed by atoms with Crippen LogP contribution in [0, 0.1) is 0 Å². The van der Waals surface area contributed by atoms with Crippen LogP contribution in [0.5, 0.6) is 0 Å². The van der Waals surface area contributed by atoms with E-state index in [9.17, 15) is 159 Å². The largest absolute Gasteiger partial charge is 0.460 e. The molecule has 38 heteroatoms. The highest BCUT2D eigenvalue weighted by atomic mass is 19.4. The Morgan fingerprint density at radius 2 is 0.435 bits per heavy atom. The zero-order valence-electron chi connectivity index (χ0n) is 28.1. The van der Waals surface area contributed by atoms with Crippen LogP contribution in [0.3, 0.4) is 0 Å². The number of alkyl halides is 34. The Bertz CT molecular complexity index is 1570. The van der Waals surface area contributed by atoms with Crippen molar-refractivity contribution in [3.63, 3.8) is 0 Å². The fourth-order valence-corrected chi connectivity index (χ4v) is 4.65. The molecule has 0 N–H and O–H groups in total. The second-order valence-electron chi connectivity index (χ2n) is 12.7. The molecule has 0 saturated carbocycles. The summed E-state index contributed by atoms with van der Waals surface area (Å²) < 4.78 is 462. The van der Waals surface area contributed by atoms with Crippen molar-refractivity contribution >= 4 is 11.8 Å². The van der Waals surface area contributed by atoms with E-state index in [2.05, 4.69) is 0 Å². The number of rotatable bonds is 14. The van der Waals surface area contributed by atoms with Gasteiger partial charge in [-0.2, -0.15) is 149 Å². The molecule has 0 aliphatic carbocycles. The monoisotopic (exact) mass is 1010 g/mol. The van der Waals surface area contributed by atoms with Gasteiger partial charge in [0.05, 0.1) is 0 Å². The van der Waals surface area contributed by atoms with Crippen LogP contribution in [0.2, 0.25) is 0 Å². The Kier molecular flexibility index (Phi) is 13.3. The standard InChI is InChI=1S/C24H12F34N2O2/c1-5-3-60(8(62)10(27,28)12(31,32)14(35,36)16(39,40)18(43,44)20(47,48)22(51,52)24(56,57)58)6(2)4-59(5)7(61)9(25,26)11(29,30)13(33,34)15(37,38)17(41,42)19(45,46)21(49,50)23(53,54)55/h5-6H,3-4H2,1-2H3. The number of nitrogens with zero attached hydrogens (tertiary/aromatic N) is 2. The maximum absolute atomic E-state index is 14.6. The lowest BCUT2D eigenvalue weighted by Crippen LogP contribution is -2.76. The van der Waals surface area contributed by atoms with Crippen molar-refractivity contribution in [3.8, 4) is 0 Å². The van der Waals surface area contributed by atoms with E-state index >= 15 is 0 Å². The number of carbonyl (C=O) groups excluding carboxylic acids is 2. The maximum Gasteiger partial charge on any atom is 0.460 e. The van der Waals surface area contributed by atoms with Gasteiger partial charge < -0.3 is 9.80 Å². The van der Waals surface area contributed by atoms with E-state index in [-0.39, 0.29) is 13.8 Å². The molecule has 0 bridgehead atoms. The van der Waals surface area contributed by atoms with Crippen LogP contribution < -0.4 is 0 Å². The van der Waals surface area contributed by atoms with Gasteiger partial charge in [0.2, 0.25) is 0 Å². The average Bonchev–Trinajstić information content (AvgIpc) is 3.06. The number of hydrogen-bond donors (Lipinski definition) is 0. The Balaban J connectivity index is 3.70. The lowest BCUT2D eigenvalue weighted by Gasteiger charge is -2.48. The molecule has 368 valence electrons. The molecule has 2 amide bonds. The molecule has 1 saturated heterocycles. The van der Waals surface area contributed by atoms with E-state index in [0.717, 1.165) is 0 Å². The number of amides is 2. The normalized spacial score (nSPS) is 20.2. The first-order valence-electron chi connectivity index (χ1n) is 14.4. The first-order valence-corrected chi connectivity index (χ1v) is 14.4. The van der Waals surface area contributed by atoms with Gasteiger partial charge in [-0.1, -0.05) is 0 Å². The van der Waals surface area contributed by atoms with Crippen LogP contribution in [-0.4, -0.2) is 142 Å². The minimum absolute atomic E-state index is 0.207. The van der Waals surface area contributed by atoms with Gasteiger partial charge in [-0.25, -0.2) is 0 Å². The smallest absolute Gasteiger partial charge is 0.331 e. The topological polar surface area (TPSA) is 40.6 Å². The molecular weight excluding hydrogens is 994 g/mol. The molecular formula is C24H12F34N2O2. The zero-order valence-corrected chi connectivity index (χ0v) is 28.1. The van der Waals surface area contributed by atoms with Crippen LogP contribution in [0.4, 0.5) is 149 Å². The van der Waals surface area contributed by atoms with Crippen LogP contribution in [0.1, 0.15) is 13.8 Å². The molecule has 62 heavy (non-hydrogen) atoms. The first-order chi connectivity index (χ1) is 26.4. The fourth-order valence-electron chi connectivity index (χ4n) is 4.65. The lowest BCUT2D eigenvalue weighted by molar-refractivity contribution is -0.460. The molecule has 0 aromatic heterocycles. The molecule has 1 aliphatic rings. The second kappa shape index (κ2) is 14.5. The average molecular weight is 1010 g/mol. The summed E-state index contributed by atoms with van der Waals surface area (Å²) in [6.45, 7) is -5.48. The molecule has 0 aromatic rings. The zero-order chi connectivity index (χ0) is 50.9. The van der Waals surface area contributed by atoms with Gasteiger partial charge in [-0.15, -0.1) is 0 Å². The van der Waals surface area contributed by atoms with Crippen molar-refractivity contribution in [2.24, 2.45) is 0 Å². The number of piperazine rings is 1. The SMILES string of the molecule is CC1CN(C(=O)C(F)(F)C(F)(F)C(F)(F)C(F)(F)C(F)(F)C(F)(F)C(F)(F)C(F)(F)F)C(C)CN1C(=O)C(F)(F)C(F)(F)C(F)(F)C(F)(F)C(F)(F)C(F)(F)C(F)(F)C(F)(F)F. The van der Waals surface area contributed by atoms with E-state index in [4.69, 9.17) is 0 Å². The van der Waals surface area contributed by atoms with Crippen molar-refractivity contribution in [3.05, 3.63) is 0 Å². The highest BCUT2D eigenvalue weighted by Gasteiger charge is 2.97. The third-order valence-corrected chi connectivity index (χ3v) is 8.49. The second-order valence-corrected chi connectivity index (χ2v) is 12.7. The third kappa shape index (κ3) is 6.94. The van der Waals surface area contributed by atoms with Crippen molar-refractivity contribution in [2.75, 3.05) is 13.1 Å². The Hall–Kier alpha value is -3.44. The predicted molar refractivity (Wildman–Crippen MR) is 124 cm³/mol. The first kappa shape index (κ1) is 56.6. The molecule has 1 fully saturated rings. The van der Waals surface area contributed by atoms with E-state index in [1.165, 1.54) is 0 Å². The van der Waals surface area contributed by atoms with E-state index < -0.39 is 142 Å². The number of carbonyl (C=O) groups is 2. The summed E-state index contributed by atoms with van der Waals surface area (Å²) in [5.41, 5.74) is 0.